The minimum Gasteiger partial charge on any atom is -0.353 e. The molecular formula is C15H18F3N3O3. The van der Waals surface area contributed by atoms with Gasteiger partial charge in [0.1, 0.15) is 17.3 Å². The number of piperazine rings is 1. The maximum absolute atomic E-state index is 12.6. The minimum absolute atomic E-state index is 0.140. The minimum atomic E-state index is -4.79. The summed E-state index contributed by atoms with van der Waals surface area (Å²) in [5, 5.41) is 2.66. The lowest BCUT2D eigenvalue weighted by atomic mass is 9.99. The highest BCUT2D eigenvalue weighted by Crippen LogP contribution is 2.26. The molecule has 6 nitrogen and oxygen atoms in total. The van der Waals surface area contributed by atoms with Crippen LogP contribution in [0, 0.1) is 5.92 Å². The van der Waals surface area contributed by atoms with Gasteiger partial charge in [-0.15, -0.1) is 0 Å². The Bertz CT molecular complexity index is 697. The van der Waals surface area contributed by atoms with E-state index in [0.717, 1.165) is 6.07 Å². The van der Waals surface area contributed by atoms with Gasteiger partial charge >= 0.3 is 6.18 Å². The van der Waals surface area contributed by atoms with Crippen LogP contribution in [0.1, 0.15) is 36.3 Å². The number of pyridine rings is 1. The molecule has 1 saturated heterocycles. The lowest BCUT2D eigenvalue weighted by molar-refractivity contribution is -0.138. The van der Waals surface area contributed by atoms with Gasteiger partial charge in [0.25, 0.3) is 11.5 Å². The number of rotatable bonds is 3. The number of hydrogen-bond acceptors (Lipinski definition) is 3. The highest BCUT2D eigenvalue weighted by atomic mass is 19.4. The second-order valence-corrected chi connectivity index (χ2v) is 6.05. The van der Waals surface area contributed by atoms with Crippen molar-refractivity contribution < 1.29 is 22.8 Å². The van der Waals surface area contributed by atoms with Gasteiger partial charge < -0.3 is 15.2 Å². The molecule has 2 amide bonds. The Morgan fingerprint density at radius 1 is 1.33 bits per heavy atom. The molecule has 24 heavy (non-hydrogen) atoms. The Labute approximate surface area is 136 Å². The van der Waals surface area contributed by atoms with E-state index in [1.807, 2.05) is 18.8 Å². The van der Waals surface area contributed by atoms with Crippen LogP contribution in [-0.2, 0) is 11.0 Å². The summed E-state index contributed by atoms with van der Waals surface area (Å²) in [7, 11) is 0. The number of carbonyl (C=O) groups is 2. The fraction of sp³-hybridized carbons (Fsp3) is 0.533. The molecule has 1 atom stereocenters. The third-order valence-electron chi connectivity index (χ3n) is 3.73. The van der Waals surface area contributed by atoms with E-state index in [-0.39, 0.29) is 30.6 Å². The van der Waals surface area contributed by atoms with Crippen molar-refractivity contribution >= 4 is 11.8 Å². The second-order valence-electron chi connectivity index (χ2n) is 6.05. The van der Waals surface area contributed by atoms with Crippen LogP contribution in [0.2, 0.25) is 0 Å². The van der Waals surface area contributed by atoms with Crippen molar-refractivity contribution in [1.29, 1.82) is 0 Å². The SMILES string of the molecule is CC(C)C[C@H]1C(=O)NCCN1C(=O)c1ccc(C(F)(F)F)c(=O)[nH]1. The molecule has 1 aliphatic heterocycles. The van der Waals surface area contributed by atoms with Crippen LogP contribution in [0.25, 0.3) is 0 Å². The zero-order valence-corrected chi connectivity index (χ0v) is 13.2. The van der Waals surface area contributed by atoms with Gasteiger partial charge in [0.2, 0.25) is 5.91 Å². The number of nitrogens with zero attached hydrogens (tertiary/aromatic N) is 1. The molecule has 132 valence electrons. The maximum atomic E-state index is 12.6. The van der Waals surface area contributed by atoms with E-state index in [1.165, 1.54) is 4.90 Å². The molecule has 1 aromatic heterocycles. The molecule has 0 saturated carbocycles. The number of H-pyrrole nitrogens is 1. The third kappa shape index (κ3) is 3.77. The average Bonchev–Trinajstić information content (AvgIpc) is 2.46. The average molecular weight is 345 g/mol. The number of aromatic amines is 1. The molecule has 0 aromatic carbocycles. The fourth-order valence-electron chi connectivity index (χ4n) is 2.61. The van der Waals surface area contributed by atoms with Gasteiger partial charge in [-0.25, -0.2) is 0 Å². The summed E-state index contributed by atoms with van der Waals surface area (Å²) in [5.74, 6) is -0.834. The van der Waals surface area contributed by atoms with Crippen molar-refractivity contribution in [2.45, 2.75) is 32.5 Å². The van der Waals surface area contributed by atoms with Crippen molar-refractivity contribution in [3.8, 4) is 0 Å². The second kappa shape index (κ2) is 6.66. The molecule has 2 heterocycles. The first kappa shape index (κ1) is 18.0. The van der Waals surface area contributed by atoms with Crippen LogP contribution in [0.3, 0.4) is 0 Å². The molecule has 0 radical (unpaired) electrons. The Hall–Kier alpha value is -2.32. The molecule has 2 rings (SSSR count). The van der Waals surface area contributed by atoms with E-state index < -0.39 is 29.2 Å². The van der Waals surface area contributed by atoms with Crippen LogP contribution >= 0.6 is 0 Å². The molecule has 9 heteroatoms. The Kier molecular flexibility index (Phi) is 5.00. The van der Waals surface area contributed by atoms with Gasteiger partial charge in [0.15, 0.2) is 0 Å². The summed E-state index contributed by atoms with van der Waals surface area (Å²) in [4.78, 5) is 39.4. The van der Waals surface area contributed by atoms with E-state index in [1.54, 1.807) is 0 Å². The van der Waals surface area contributed by atoms with Gasteiger partial charge in [-0.05, 0) is 24.5 Å². The Balaban J connectivity index is 2.31. The number of amides is 2. The highest BCUT2D eigenvalue weighted by molar-refractivity contribution is 5.96. The first-order chi connectivity index (χ1) is 11.1. The number of carbonyl (C=O) groups excluding carboxylic acids is 2. The van der Waals surface area contributed by atoms with Gasteiger partial charge in [-0.1, -0.05) is 13.8 Å². The number of halogens is 3. The Morgan fingerprint density at radius 3 is 2.54 bits per heavy atom. The summed E-state index contributed by atoms with van der Waals surface area (Å²) in [6.07, 6.45) is -4.37. The summed E-state index contributed by atoms with van der Waals surface area (Å²) in [5.41, 5.74) is -3.01. The standard InChI is InChI=1S/C15H18F3N3O3/c1-8(2)7-11-13(23)19-5-6-21(11)14(24)10-4-3-9(12(22)20-10)15(16,17)18/h3-4,8,11H,5-7H2,1-2H3,(H,19,23)(H,20,22)/t11-/m0/s1. The summed E-state index contributed by atoms with van der Waals surface area (Å²) >= 11 is 0. The molecule has 0 aliphatic carbocycles. The third-order valence-corrected chi connectivity index (χ3v) is 3.73. The van der Waals surface area contributed by atoms with Crippen LogP contribution < -0.4 is 10.9 Å². The zero-order valence-electron chi connectivity index (χ0n) is 13.2. The van der Waals surface area contributed by atoms with E-state index in [2.05, 4.69) is 5.32 Å². The predicted molar refractivity (Wildman–Crippen MR) is 79.4 cm³/mol. The van der Waals surface area contributed by atoms with Gasteiger partial charge in [0, 0.05) is 13.1 Å². The van der Waals surface area contributed by atoms with Gasteiger partial charge in [-0.2, -0.15) is 13.2 Å². The number of hydrogen-bond donors (Lipinski definition) is 2. The smallest absolute Gasteiger partial charge is 0.353 e. The molecule has 1 fully saturated rings. The zero-order chi connectivity index (χ0) is 18.1. The first-order valence-electron chi connectivity index (χ1n) is 7.50. The van der Waals surface area contributed by atoms with Crippen molar-refractivity contribution in [3.05, 3.63) is 33.7 Å². The highest BCUT2D eigenvalue weighted by Gasteiger charge is 2.36. The molecule has 0 spiro atoms. The van der Waals surface area contributed by atoms with E-state index >= 15 is 0 Å². The van der Waals surface area contributed by atoms with Crippen molar-refractivity contribution in [1.82, 2.24) is 15.2 Å². The first-order valence-corrected chi connectivity index (χ1v) is 7.50. The summed E-state index contributed by atoms with van der Waals surface area (Å²) < 4.78 is 37.9. The van der Waals surface area contributed by atoms with Crippen LogP contribution in [0.4, 0.5) is 13.2 Å². The molecule has 1 aliphatic rings. The molecule has 0 bridgehead atoms. The van der Waals surface area contributed by atoms with E-state index in [0.29, 0.717) is 12.5 Å². The topological polar surface area (TPSA) is 82.3 Å². The monoisotopic (exact) mass is 345 g/mol. The van der Waals surface area contributed by atoms with Crippen LogP contribution in [0.5, 0.6) is 0 Å². The number of alkyl halides is 3. The van der Waals surface area contributed by atoms with Gasteiger partial charge in [-0.3, -0.25) is 14.4 Å². The van der Waals surface area contributed by atoms with Crippen molar-refractivity contribution in [2.75, 3.05) is 13.1 Å². The van der Waals surface area contributed by atoms with Crippen LogP contribution in [0.15, 0.2) is 16.9 Å². The Morgan fingerprint density at radius 2 is 2.00 bits per heavy atom. The van der Waals surface area contributed by atoms with Crippen molar-refractivity contribution in [2.24, 2.45) is 5.92 Å². The van der Waals surface area contributed by atoms with Crippen LogP contribution in [-0.4, -0.2) is 40.8 Å². The summed E-state index contributed by atoms with van der Waals surface area (Å²) in [6, 6.07) is 0.788. The largest absolute Gasteiger partial charge is 0.421 e. The fourth-order valence-corrected chi connectivity index (χ4v) is 2.61. The summed E-state index contributed by atoms with van der Waals surface area (Å²) in [6.45, 7) is 4.27. The normalized spacial score (nSPS) is 18.7. The van der Waals surface area contributed by atoms with Gasteiger partial charge in [0.05, 0.1) is 0 Å². The predicted octanol–water partition coefficient (Wildman–Crippen LogP) is 1.38. The van der Waals surface area contributed by atoms with E-state index in [9.17, 15) is 27.6 Å². The lowest BCUT2D eigenvalue weighted by Gasteiger charge is -2.35. The molecular weight excluding hydrogens is 327 g/mol. The maximum Gasteiger partial charge on any atom is 0.421 e. The van der Waals surface area contributed by atoms with Crippen molar-refractivity contribution in [3.63, 3.8) is 0 Å². The lowest BCUT2D eigenvalue weighted by Crippen LogP contribution is -2.57. The molecule has 2 N–H and O–H groups in total. The number of nitrogens with one attached hydrogen (secondary N) is 2. The number of aromatic nitrogens is 1. The van der Waals surface area contributed by atoms with E-state index in [4.69, 9.17) is 0 Å². The quantitative estimate of drug-likeness (QED) is 0.868. The molecule has 0 unspecified atom stereocenters. The molecule has 1 aromatic rings.